The van der Waals surface area contributed by atoms with Gasteiger partial charge in [0.25, 0.3) is 11.8 Å². The monoisotopic (exact) mass is 1010 g/mol. The van der Waals surface area contributed by atoms with E-state index in [0.717, 1.165) is 36.0 Å². The van der Waals surface area contributed by atoms with E-state index in [-0.39, 0.29) is 112 Å². The molecule has 0 saturated carbocycles. The molecular formula is C59H61F3N4O8. The second-order valence-electron chi connectivity index (χ2n) is 18.5. The Morgan fingerprint density at radius 1 is 0.486 bits per heavy atom. The summed E-state index contributed by atoms with van der Waals surface area (Å²) in [5, 5.41) is 5.52. The summed E-state index contributed by atoms with van der Waals surface area (Å²) in [6.45, 7) is 3.30. The highest BCUT2D eigenvalue weighted by atomic mass is 19.1. The highest BCUT2D eigenvalue weighted by molar-refractivity contribution is 6.04. The first-order valence-corrected chi connectivity index (χ1v) is 25.1. The van der Waals surface area contributed by atoms with Gasteiger partial charge < -0.3 is 39.4 Å². The number of nitrogens with one attached hydrogen (secondary N) is 2. The van der Waals surface area contributed by atoms with E-state index in [0.29, 0.717) is 42.1 Å². The number of ether oxygens (including phenoxy) is 4. The molecule has 2 aliphatic heterocycles. The molecule has 2 heterocycles. The molecule has 12 nitrogen and oxygen atoms in total. The van der Waals surface area contributed by atoms with E-state index in [1.165, 1.54) is 47.5 Å². The number of carbonyl (C=O) groups excluding carboxylic acids is 4. The first kappa shape index (κ1) is 52.8. The molecule has 2 fully saturated rings. The molecule has 0 bridgehead atoms. The molecule has 74 heavy (non-hydrogen) atoms. The SMILES string of the molecule is Cc1ccc(CCC[C@H]2C(=O)N(c3ccc(F)cc3)[C@@H]2c2ccc(OCC(=O)NCCOCCOCCNC(=O)COc3ccc([C@@H]4[C@@H](CCCc5ccc(F)cc5)C(=O)N4c4ccc(F)cc4)cc3)cc2)cc1. The van der Waals surface area contributed by atoms with E-state index >= 15 is 0 Å². The summed E-state index contributed by atoms with van der Waals surface area (Å²) < 4.78 is 63.5. The third-order valence-electron chi connectivity index (χ3n) is 13.3. The zero-order valence-electron chi connectivity index (χ0n) is 41.4. The van der Waals surface area contributed by atoms with Gasteiger partial charge in [0.2, 0.25) is 11.8 Å². The van der Waals surface area contributed by atoms with Crippen molar-refractivity contribution in [2.45, 2.75) is 57.5 Å². The van der Waals surface area contributed by atoms with Gasteiger partial charge in [0.15, 0.2) is 13.2 Å². The lowest BCUT2D eigenvalue weighted by Gasteiger charge is -2.47. The van der Waals surface area contributed by atoms with Gasteiger partial charge in [-0.15, -0.1) is 0 Å². The number of hydrogen-bond acceptors (Lipinski definition) is 8. The van der Waals surface area contributed by atoms with Gasteiger partial charge in [-0.25, -0.2) is 13.2 Å². The van der Waals surface area contributed by atoms with Crippen molar-refractivity contribution in [3.63, 3.8) is 0 Å². The van der Waals surface area contributed by atoms with Gasteiger partial charge in [0.1, 0.15) is 29.0 Å². The lowest BCUT2D eigenvalue weighted by Crippen LogP contribution is -2.55. The summed E-state index contributed by atoms with van der Waals surface area (Å²) >= 11 is 0. The molecule has 6 aromatic rings. The van der Waals surface area contributed by atoms with Crippen LogP contribution in [0, 0.1) is 36.2 Å². The zero-order valence-corrected chi connectivity index (χ0v) is 41.4. The standard InChI is InChI=1S/C59H61F3N4O8/c1-40-8-10-41(11-9-40)4-2-6-52-56(65(58(52)69)48-24-20-46(61)21-25-48)43-14-28-50(29-15-43)73-38-54(67)63-32-34-71-36-37-72-35-33-64-55(68)39-74-51-30-16-44(17-31-51)57-53(7-3-5-42-12-18-45(60)19-13-42)59(70)66(57)49-26-22-47(62)23-27-49/h8-31,52-53,56-57H,2-7,32-39H2,1H3,(H,63,67)(H,64,68)/t52-,53-,56-,57-/m1/s1. The number of nitrogens with zero attached hydrogens (tertiary/aromatic N) is 2. The quantitative estimate of drug-likeness (QED) is 0.0385. The van der Waals surface area contributed by atoms with Crippen LogP contribution in [0.5, 0.6) is 11.5 Å². The molecule has 2 N–H and O–H groups in total. The van der Waals surface area contributed by atoms with E-state index < -0.39 is 5.82 Å². The van der Waals surface area contributed by atoms with E-state index in [9.17, 15) is 32.3 Å². The number of aryl methyl sites for hydroxylation is 3. The van der Waals surface area contributed by atoms with Crippen molar-refractivity contribution in [2.75, 3.05) is 62.5 Å². The Bertz CT molecular complexity index is 2590. The smallest absolute Gasteiger partial charge is 0.258 e. The van der Waals surface area contributed by atoms with Crippen molar-refractivity contribution in [2.24, 2.45) is 11.8 Å². The fraction of sp³-hybridized carbons (Fsp3) is 0.322. The molecule has 2 aliphatic rings. The molecule has 6 aromatic carbocycles. The number of hydrogen-bond donors (Lipinski definition) is 2. The molecule has 2 saturated heterocycles. The van der Waals surface area contributed by atoms with Crippen LogP contribution in [0.3, 0.4) is 0 Å². The highest BCUT2D eigenvalue weighted by Crippen LogP contribution is 2.47. The van der Waals surface area contributed by atoms with Crippen molar-refractivity contribution in [3.05, 3.63) is 191 Å². The summed E-state index contributed by atoms with van der Waals surface area (Å²) in [6, 6.07) is 40.7. The Balaban J connectivity index is 0.680. The van der Waals surface area contributed by atoms with Gasteiger partial charge in [-0.05, 0) is 153 Å². The first-order valence-electron chi connectivity index (χ1n) is 25.1. The average Bonchev–Trinajstić information content (AvgIpc) is 3.42. The minimum Gasteiger partial charge on any atom is -0.484 e. The Kier molecular flexibility index (Phi) is 18.5. The minimum absolute atomic E-state index is 0.0117. The van der Waals surface area contributed by atoms with Gasteiger partial charge in [-0.1, -0.05) is 66.2 Å². The van der Waals surface area contributed by atoms with Crippen LogP contribution in [0.2, 0.25) is 0 Å². The molecule has 386 valence electrons. The van der Waals surface area contributed by atoms with Crippen LogP contribution >= 0.6 is 0 Å². The van der Waals surface area contributed by atoms with Gasteiger partial charge >= 0.3 is 0 Å². The second-order valence-corrected chi connectivity index (χ2v) is 18.5. The summed E-state index contributed by atoms with van der Waals surface area (Å²) in [4.78, 5) is 55.3. The number of anilines is 2. The zero-order chi connectivity index (χ0) is 51.8. The van der Waals surface area contributed by atoms with Crippen molar-refractivity contribution >= 4 is 35.0 Å². The molecule has 0 unspecified atom stereocenters. The maximum atomic E-state index is 13.8. The number of rotatable bonds is 27. The van der Waals surface area contributed by atoms with E-state index in [1.807, 2.05) is 24.3 Å². The molecule has 15 heteroatoms. The number of halogens is 3. The van der Waals surface area contributed by atoms with Gasteiger partial charge in [-0.3, -0.25) is 19.2 Å². The summed E-state index contributed by atoms with van der Waals surface area (Å²) in [5.41, 5.74) is 6.48. The molecule has 0 spiro atoms. The normalized spacial score (nSPS) is 17.1. The molecule has 0 aliphatic carbocycles. The van der Waals surface area contributed by atoms with Crippen molar-refractivity contribution < 1.29 is 51.3 Å². The van der Waals surface area contributed by atoms with Crippen LogP contribution in [0.1, 0.15) is 65.6 Å². The van der Waals surface area contributed by atoms with Gasteiger partial charge in [0, 0.05) is 24.5 Å². The summed E-state index contributed by atoms with van der Waals surface area (Å²) in [5.74, 6) is -1.24. The lowest BCUT2D eigenvalue weighted by molar-refractivity contribution is -0.131. The number of amides is 4. The Morgan fingerprint density at radius 2 is 0.851 bits per heavy atom. The Hall–Kier alpha value is -7.49. The van der Waals surface area contributed by atoms with Crippen molar-refractivity contribution in [3.8, 4) is 11.5 Å². The molecule has 0 aromatic heterocycles. The fourth-order valence-corrected chi connectivity index (χ4v) is 9.43. The minimum atomic E-state index is -0.391. The number of benzene rings is 6. The maximum Gasteiger partial charge on any atom is 0.258 e. The van der Waals surface area contributed by atoms with Gasteiger partial charge in [0.05, 0.1) is 50.3 Å². The number of β-lactam (4-membered cyclic amide) rings is 2. The predicted molar refractivity (Wildman–Crippen MR) is 275 cm³/mol. The van der Waals surface area contributed by atoms with E-state index in [1.54, 1.807) is 70.5 Å². The van der Waals surface area contributed by atoms with Crippen LogP contribution in [0.15, 0.2) is 146 Å². The second kappa shape index (κ2) is 25.9. The molecule has 8 rings (SSSR count). The fourth-order valence-electron chi connectivity index (χ4n) is 9.43. The third-order valence-corrected chi connectivity index (χ3v) is 13.3. The Morgan fingerprint density at radius 3 is 1.24 bits per heavy atom. The predicted octanol–water partition coefficient (Wildman–Crippen LogP) is 9.59. The first-order chi connectivity index (χ1) is 36.0. The van der Waals surface area contributed by atoms with E-state index in [4.69, 9.17) is 18.9 Å². The van der Waals surface area contributed by atoms with Crippen molar-refractivity contribution in [1.29, 1.82) is 0 Å². The van der Waals surface area contributed by atoms with Gasteiger partial charge in [-0.2, -0.15) is 0 Å². The number of carbonyl (C=O) groups is 4. The Labute approximate surface area is 429 Å². The van der Waals surface area contributed by atoms with Crippen molar-refractivity contribution in [1.82, 2.24) is 10.6 Å². The molecule has 4 amide bonds. The van der Waals surface area contributed by atoms with Crippen LogP contribution in [0.25, 0.3) is 0 Å². The topological polar surface area (TPSA) is 136 Å². The molecule has 0 radical (unpaired) electrons. The van der Waals surface area contributed by atoms with Crippen LogP contribution < -0.4 is 29.9 Å². The molecule has 4 atom stereocenters. The maximum absolute atomic E-state index is 13.8. The van der Waals surface area contributed by atoms with Crippen LogP contribution in [-0.2, 0) is 41.5 Å². The summed E-state index contributed by atoms with van der Waals surface area (Å²) in [6.07, 6.45) is 4.49. The average molecular weight is 1010 g/mol. The van der Waals surface area contributed by atoms with E-state index in [2.05, 4.69) is 41.8 Å². The highest BCUT2D eigenvalue weighted by Gasteiger charge is 2.49. The summed E-state index contributed by atoms with van der Waals surface area (Å²) in [7, 11) is 0. The molecular weight excluding hydrogens is 950 g/mol. The lowest BCUT2D eigenvalue weighted by atomic mass is 9.78. The van der Waals surface area contributed by atoms with Crippen LogP contribution in [-0.4, -0.2) is 76.4 Å². The largest absolute Gasteiger partial charge is 0.484 e. The van der Waals surface area contributed by atoms with Crippen LogP contribution in [0.4, 0.5) is 24.5 Å². The third kappa shape index (κ3) is 14.2.